The average Bonchev–Trinajstić information content (AvgIpc) is 3.22. The lowest BCUT2D eigenvalue weighted by molar-refractivity contribution is -0.135. The van der Waals surface area contributed by atoms with Gasteiger partial charge in [-0.1, -0.05) is 34.5 Å². The minimum Gasteiger partial charge on any atom is -0.371 e. The number of nitrogens with zero attached hydrogens (tertiary/aromatic N) is 4. The first-order valence-corrected chi connectivity index (χ1v) is 10.5. The first-order valence-electron chi connectivity index (χ1n) is 10.1. The molecule has 7 heteroatoms. The molecular formula is C23H25ClN4O2. The minimum absolute atomic E-state index is 0.0382. The van der Waals surface area contributed by atoms with Gasteiger partial charge in [-0.3, -0.25) is 4.79 Å². The number of hydrogen-bond donors (Lipinski definition) is 0. The summed E-state index contributed by atoms with van der Waals surface area (Å²) in [5.41, 5.74) is 3.23. The lowest BCUT2D eigenvalue weighted by Crippen LogP contribution is -2.43. The molecule has 1 amide bonds. The topological polar surface area (TPSA) is 62.5 Å². The monoisotopic (exact) mass is 424 g/mol. The number of piperidine rings is 1. The van der Waals surface area contributed by atoms with Crippen LogP contribution in [0.4, 0.5) is 5.69 Å². The van der Waals surface area contributed by atoms with E-state index in [-0.39, 0.29) is 11.8 Å². The highest BCUT2D eigenvalue weighted by Crippen LogP contribution is 2.25. The van der Waals surface area contributed by atoms with Crippen molar-refractivity contribution in [1.82, 2.24) is 15.0 Å². The molecule has 3 aromatic rings. The number of amides is 1. The molecule has 30 heavy (non-hydrogen) atoms. The summed E-state index contributed by atoms with van der Waals surface area (Å²) in [5, 5.41) is 4.68. The van der Waals surface area contributed by atoms with Crippen LogP contribution in [-0.4, -0.2) is 41.1 Å². The number of carbonyl (C=O) groups is 1. The summed E-state index contributed by atoms with van der Waals surface area (Å²) in [6.45, 7) is 4.08. The summed E-state index contributed by atoms with van der Waals surface area (Å²) in [7, 11) is 1.79. The van der Waals surface area contributed by atoms with Crippen LogP contribution in [0.1, 0.15) is 24.3 Å². The van der Waals surface area contributed by atoms with Gasteiger partial charge in [0.05, 0.1) is 12.5 Å². The van der Waals surface area contributed by atoms with Crippen LogP contribution < -0.4 is 4.90 Å². The van der Waals surface area contributed by atoms with E-state index < -0.39 is 0 Å². The predicted octanol–water partition coefficient (Wildman–Crippen LogP) is 4.57. The molecular weight excluding hydrogens is 400 g/mol. The van der Waals surface area contributed by atoms with Crippen LogP contribution in [0.25, 0.3) is 11.4 Å². The minimum atomic E-state index is -0.0382. The van der Waals surface area contributed by atoms with Gasteiger partial charge < -0.3 is 14.3 Å². The van der Waals surface area contributed by atoms with Crippen molar-refractivity contribution in [3.8, 4) is 11.4 Å². The van der Waals surface area contributed by atoms with Crippen molar-refractivity contribution >= 4 is 23.2 Å². The number of anilines is 1. The Morgan fingerprint density at radius 3 is 2.67 bits per heavy atom. The molecule has 6 nitrogen and oxygen atoms in total. The fourth-order valence-corrected chi connectivity index (χ4v) is 3.92. The predicted molar refractivity (Wildman–Crippen MR) is 117 cm³/mol. The molecule has 4 rings (SSSR count). The number of carbonyl (C=O) groups excluding carboxylic acids is 1. The van der Waals surface area contributed by atoms with E-state index in [9.17, 15) is 4.79 Å². The maximum atomic E-state index is 13.0. The van der Waals surface area contributed by atoms with Gasteiger partial charge >= 0.3 is 0 Å². The molecule has 0 saturated carbocycles. The number of rotatable bonds is 5. The lowest BCUT2D eigenvalue weighted by Gasteiger charge is -2.35. The summed E-state index contributed by atoms with van der Waals surface area (Å²) in [5.74, 6) is 0.981. The first-order chi connectivity index (χ1) is 14.5. The second-order valence-electron chi connectivity index (χ2n) is 7.83. The van der Waals surface area contributed by atoms with Crippen molar-refractivity contribution in [3.63, 3.8) is 0 Å². The molecule has 1 aromatic heterocycles. The van der Waals surface area contributed by atoms with Crippen LogP contribution in [0.2, 0.25) is 5.02 Å². The second-order valence-corrected chi connectivity index (χ2v) is 8.27. The molecule has 0 bridgehead atoms. The third kappa shape index (κ3) is 4.65. The van der Waals surface area contributed by atoms with Gasteiger partial charge in [0, 0.05) is 36.4 Å². The molecule has 1 aliphatic heterocycles. The first kappa shape index (κ1) is 20.4. The Kier molecular flexibility index (Phi) is 6.04. The van der Waals surface area contributed by atoms with Gasteiger partial charge in [0.25, 0.3) is 0 Å². The van der Waals surface area contributed by atoms with E-state index in [1.807, 2.05) is 12.1 Å². The van der Waals surface area contributed by atoms with E-state index >= 15 is 0 Å². The maximum absolute atomic E-state index is 13.0. The third-order valence-electron chi connectivity index (χ3n) is 5.49. The number of aromatic nitrogens is 2. The lowest BCUT2D eigenvalue weighted by atomic mass is 9.96. The van der Waals surface area contributed by atoms with E-state index in [4.69, 9.17) is 16.1 Å². The Morgan fingerprint density at radius 1 is 1.20 bits per heavy atom. The Bertz CT molecular complexity index is 1000. The highest BCUT2D eigenvalue weighted by atomic mass is 35.5. The van der Waals surface area contributed by atoms with Crippen LogP contribution in [0.5, 0.6) is 0 Å². The summed E-state index contributed by atoms with van der Waals surface area (Å²) in [4.78, 5) is 21.4. The van der Waals surface area contributed by atoms with Crippen molar-refractivity contribution in [1.29, 1.82) is 0 Å². The molecule has 1 saturated heterocycles. The van der Waals surface area contributed by atoms with Crippen molar-refractivity contribution in [3.05, 3.63) is 65.0 Å². The van der Waals surface area contributed by atoms with Gasteiger partial charge in [-0.15, -0.1) is 0 Å². The van der Waals surface area contributed by atoms with E-state index in [1.54, 1.807) is 24.1 Å². The van der Waals surface area contributed by atoms with Crippen LogP contribution in [0.3, 0.4) is 0 Å². The SMILES string of the molecule is Cc1ccc(N2CCC[C@H](C(=O)N(C)Cc3nc(-c4ccc(Cl)cc4)no3)C2)cc1. The van der Waals surface area contributed by atoms with Crippen molar-refractivity contribution < 1.29 is 9.32 Å². The second kappa shape index (κ2) is 8.88. The molecule has 2 aromatic carbocycles. The Hall–Kier alpha value is -2.86. The molecule has 0 aliphatic carbocycles. The fourth-order valence-electron chi connectivity index (χ4n) is 3.80. The normalized spacial score (nSPS) is 16.5. The number of hydrogen-bond acceptors (Lipinski definition) is 5. The van der Waals surface area contributed by atoms with Crippen molar-refractivity contribution in [2.45, 2.75) is 26.3 Å². The zero-order valence-electron chi connectivity index (χ0n) is 17.2. The quantitative estimate of drug-likeness (QED) is 0.600. The Morgan fingerprint density at radius 2 is 1.93 bits per heavy atom. The number of halogens is 1. The molecule has 156 valence electrons. The van der Waals surface area contributed by atoms with E-state index in [2.05, 4.69) is 46.2 Å². The summed E-state index contributed by atoms with van der Waals surface area (Å²) in [6.07, 6.45) is 1.89. The van der Waals surface area contributed by atoms with Crippen molar-refractivity contribution in [2.75, 3.05) is 25.0 Å². The van der Waals surface area contributed by atoms with Gasteiger partial charge in [0.2, 0.25) is 17.6 Å². The standard InChI is InChI=1S/C23H25ClN4O2/c1-16-5-11-20(12-6-16)28-13-3-4-18(14-28)23(29)27(2)15-21-25-22(26-30-21)17-7-9-19(24)10-8-17/h5-12,18H,3-4,13-15H2,1-2H3/t18-/m0/s1. The van der Waals surface area contributed by atoms with Crippen molar-refractivity contribution in [2.24, 2.45) is 5.92 Å². The molecule has 1 atom stereocenters. The number of aryl methyl sites for hydroxylation is 1. The van der Waals surface area contributed by atoms with Crippen LogP contribution in [0.15, 0.2) is 53.1 Å². The molecule has 0 unspecified atom stereocenters. The van der Waals surface area contributed by atoms with Gasteiger partial charge in [0.1, 0.15) is 0 Å². The van der Waals surface area contributed by atoms with Gasteiger partial charge in [0.15, 0.2) is 0 Å². The van der Waals surface area contributed by atoms with E-state index in [0.717, 1.165) is 31.5 Å². The van der Waals surface area contributed by atoms with Crippen LogP contribution >= 0.6 is 11.6 Å². The molecule has 0 N–H and O–H groups in total. The molecule has 1 fully saturated rings. The zero-order chi connectivity index (χ0) is 21.1. The molecule has 0 radical (unpaired) electrons. The average molecular weight is 425 g/mol. The summed E-state index contributed by atoms with van der Waals surface area (Å²) in [6, 6.07) is 15.7. The van der Waals surface area contributed by atoms with Gasteiger partial charge in [-0.05, 0) is 56.2 Å². The molecule has 0 spiro atoms. The zero-order valence-corrected chi connectivity index (χ0v) is 18.0. The van der Waals surface area contributed by atoms with E-state index in [0.29, 0.717) is 23.3 Å². The highest BCUT2D eigenvalue weighted by Gasteiger charge is 2.29. The molecule has 2 heterocycles. The highest BCUT2D eigenvalue weighted by molar-refractivity contribution is 6.30. The van der Waals surface area contributed by atoms with E-state index in [1.165, 1.54) is 11.3 Å². The molecule has 1 aliphatic rings. The fraction of sp³-hybridized carbons (Fsp3) is 0.348. The van der Waals surface area contributed by atoms with Gasteiger partial charge in [-0.25, -0.2) is 0 Å². The largest absolute Gasteiger partial charge is 0.371 e. The maximum Gasteiger partial charge on any atom is 0.246 e. The summed E-state index contributed by atoms with van der Waals surface area (Å²) >= 11 is 5.93. The van der Waals surface area contributed by atoms with Gasteiger partial charge in [-0.2, -0.15) is 4.98 Å². The third-order valence-corrected chi connectivity index (χ3v) is 5.74. The van der Waals surface area contributed by atoms with Crippen LogP contribution in [0, 0.1) is 12.8 Å². The van der Waals surface area contributed by atoms with Crippen LogP contribution in [-0.2, 0) is 11.3 Å². The Balaban J connectivity index is 1.38. The number of benzene rings is 2. The summed E-state index contributed by atoms with van der Waals surface area (Å²) < 4.78 is 5.36. The smallest absolute Gasteiger partial charge is 0.246 e. The Labute approximate surface area is 181 Å².